The molecule has 0 aromatic heterocycles. The van der Waals surface area contributed by atoms with Crippen molar-refractivity contribution in [2.24, 2.45) is 0 Å². The molecule has 0 fully saturated rings. The van der Waals surface area contributed by atoms with Crippen molar-refractivity contribution in [2.45, 2.75) is 0 Å². The Labute approximate surface area is 56.8 Å². The van der Waals surface area contributed by atoms with Crippen molar-refractivity contribution in [1.29, 1.82) is 0 Å². The van der Waals surface area contributed by atoms with Crippen molar-refractivity contribution < 1.29 is 0 Å². The molecule has 7 heavy (non-hydrogen) atoms. The fourth-order valence-corrected chi connectivity index (χ4v) is 1.12. The summed E-state index contributed by atoms with van der Waals surface area (Å²) in [5.74, 6) is 0. The number of rotatable bonds is 0. The predicted molar refractivity (Wildman–Crippen MR) is 33.6 cm³/mol. The number of hydrogen-bond acceptors (Lipinski definition) is 0. The molecule has 0 atom stereocenters. The van der Waals surface area contributed by atoms with Gasteiger partial charge in [0, 0.05) is 0 Å². The van der Waals surface area contributed by atoms with Crippen molar-refractivity contribution in [2.75, 3.05) is 0 Å². The van der Waals surface area contributed by atoms with E-state index in [2.05, 4.69) is 46.7 Å². The second kappa shape index (κ2) is 3.40. The lowest BCUT2D eigenvalue weighted by Gasteiger charge is -1.77. The maximum absolute atomic E-state index is 3.16. The van der Waals surface area contributed by atoms with E-state index in [-0.39, 0.29) is 0 Å². The summed E-state index contributed by atoms with van der Waals surface area (Å²) < 4.78 is 0. The van der Waals surface area contributed by atoms with Gasteiger partial charge in [0.15, 0.2) is 0 Å². The van der Waals surface area contributed by atoms with Crippen LogP contribution in [0.5, 0.6) is 0 Å². The standard InChI is InChI=1S/C3Si4/c4-2(5)1-3(6)7. The Morgan fingerprint density at radius 1 is 0.857 bits per heavy atom. The highest BCUT2D eigenvalue weighted by molar-refractivity contribution is 6.51. The van der Waals surface area contributed by atoms with Crippen molar-refractivity contribution in [3.05, 3.63) is 15.4 Å². The van der Waals surface area contributed by atoms with Crippen molar-refractivity contribution in [3.8, 4) is 0 Å². The van der Waals surface area contributed by atoms with Gasteiger partial charge in [-0.15, -0.1) is 5.73 Å². The first-order valence-corrected chi connectivity index (χ1v) is 3.50. The third kappa shape index (κ3) is 6.39. The lowest BCUT2D eigenvalue weighted by molar-refractivity contribution is 2.19. The zero-order chi connectivity index (χ0) is 5.86. The molecule has 4 heteroatoms. The van der Waals surface area contributed by atoms with Crippen molar-refractivity contribution in [3.63, 3.8) is 0 Å². The Balaban J connectivity index is 4.13. The third-order valence-electron chi connectivity index (χ3n) is 0.250. The van der Waals surface area contributed by atoms with Crippen LogP contribution < -0.4 is 0 Å². The molecule has 0 saturated heterocycles. The summed E-state index contributed by atoms with van der Waals surface area (Å²) in [6, 6.07) is 0. The van der Waals surface area contributed by atoms with Crippen LogP contribution in [0.1, 0.15) is 0 Å². The fraction of sp³-hybridized carbons (Fsp3) is 0. The molecule has 0 spiro atoms. The second-order valence-corrected chi connectivity index (χ2v) is 3.88. The maximum Gasteiger partial charge on any atom is 0.0693 e. The summed E-state index contributed by atoms with van der Waals surface area (Å²) in [5.41, 5.74) is 2.79. The lowest BCUT2D eigenvalue weighted by Crippen LogP contribution is -1.78. The summed E-state index contributed by atoms with van der Waals surface area (Å²) in [5, 5.41) is 0. The van der Waals surface area contributed by atoms with Crippen LogP contribution in [0, 0.1) is 0 Å². The minimum absolute atomic E-state index is 0.764. The zero-order valence-electron chi connectivity index (χ0n) is 3.50. The van der Waals surface area contributed by atoms with E-state index >= 15 is 0 Å². The number of hydrogen-bond donors (Lipinski definition) is 0. The van der Waals surface area contributed by atoms with E-state index in [1.54, 1.807) is 0 Å². The van der Waals surface area contributed by atoms with Gasteiger partial charge in [-0.3, -0.25) is 0 Å². The first-order chi connectivity index (χ1) is 3.13. The van der Waals surface area contributed by atoms with E-state index in [0.29, 0.717) is 0 Å². The summed E-state index contributed by atoms with van der Waals surface area (Å²) in [6.45, 7) is 0. The molecule has 0 saturated carbocycles. The van der Waals surface area contributed by atoms with Crippen LogP contribution in [0.4, 0.5) is 0 Å². The average Bonchev–Trinajstić information content (AvgIpc) is 1.27. The average molecular weight is 148 g/mol. The van der Waals surface area contributed by atoms with E-state index < -0.39 is 0 Å². The summed E-state index contributed by atoms with van der Waals surface area (Å²) in [7, 11) is 12.6. The van der Waals surface area contributed by atoms with E-state index in [9.17, 15) is 0 Å². The normalized spacial score (nSPS) is 7.43. The molecular weight excluding hydrogens is 148 g/mol. The van der Waals surface area contributed by atoms with Gasteiger partial charge in [-0.1, -0.05) is 9.64 Å². The van der Waals surface area contributed by atoms with Crippen LogP contribution in [0.25, 0.3) is 0 Å². The van der Waals surface area contributed by atoms with Crippen molar-refractivity contribution in [1.82, 2.24) is 0 Å². The second-order valence-electron chi connectivity index (χ2n) is 0.875. The predicted octanol–water partition coefficient (Wildman–Crippen LogP) is -1.06. The molecule has 0 heterocycles. The van der Waals surface area contributed by atoms with Gasteiger partial charge < -0.3 is 0 Å². The largest absolute Gasteiger partial charge is 0.143 e. The quantitative estimate of drug-likeness (QED) is 0.304. The van der Waals surface area contributed by atoms with Gasteiger partial charge in [-0.2, -0.15) is 0 Å². The molecule has 0 nitrogen and oxygen atoms in total. The van der Waals surface area contributed by atoms with Crippen LogP contribution in [0.2, 0.25) is 0 Å². The first kappa shape index (κ1) is 7.39. The van der Waals surface area contributed by atoms with Gasteiger partial charge in [0.05, 0.1) is 41.0 Å². The van der Waals surface area contributed by atoms with Crippen LogP contribution >= 0.6 is 0 Å². The molecule has 0 aliphatic carbocycles. The smallest absolute Gasteiger partial charge is 0.0693 e. The van der Waals surface area contributed by atoms with Crippen molar-refractivity contribution >= 4 is 41.0 Å². The Kier molecular flexibility index (Phi) is 3.59. The van der Waals surface area contributed by atoms with Gasteiger partial charge in [0.1, 0.15) is 0 Å². The molecule has 0 rings (SSSR count). The molecule has 0 aromatic carbocycles. The van der Waals surface area contributed by atoms with Crippen LogP contribution in [-0.4, -0.2) is 41.0 Å². The molecule has 0 aliphatic heterocycles. The van der Waals surface area contributed by atoms with E-state index in [0.717, 1.165) is 9.64 Å². The molecule has 0 N–H and O–H groups in total. The molecular formula is C3Si4. The highest BCUT2D eigenvalue weighted by atomic mass is 28.2. The van der Waals surface area contributed by atoms with Gasteiger partial charge in [0.25, 0.3) is 0 Å². The molecule has 28 valence electrons. The summed E-state index contributed by atoms with van der Waals surface area (Å²) in [4.78, 5) is 1.53. The van der Waals surface area contributed by atoms with Gasteiger partial charge in [0.2, 0.25) is 0 Å². The minimum Gasteiger partial charge on any atom is -0.143 e. The van der Waals surface area contributed by atoms with Crippen LogP contribution in [-0.2, 0) is 0 Å². The Bertz CT molecular complexity index is 98.9. The SMILES string of the molecule is [Si]C([Si])=C=C([Si])[Si]. The minimum atomic E-state index is 0.764. The molecule has 0 bridgehead atoms. The topological polar surface area (TPSA) is 0 Å². The summed E-state index contributed by atoms with van der Waals surface area (Å²) >= 11 is 0. The zero-order valence-corrected chi connectivity index (χ0v) is 7.50. The fourth-order valence-electron chi connectivity index (χ4n) is 0.125. The molecule has 0 aliphatic rings. The van der Waals surface area contributed by atoms with Crippen LogP contribution in [0.3, 0.4) is 0 Å². The Morgan fingerprint density at radius 2 is 1.14 bits per heavy atom. The molecule has 12 radical (unpaired) electrons. The van der Waals surface area contributed by atoms with Crippen LogP contribution in [0.15, 0.2) is 15.4 Å². The monoisotopic (exact) mass is 148 g/mol. The van der Waals surface area contributed by atoms with E-state index in [4.69, 9.17) is 0 Å². The highest BCUT2D eigenvalue weighted by Crippen LogP contribution is 1.74. The van der Waals surface area contributed by atoms with Gasteiger partial charge in [-0.05, 0) is 0 Å². The highest BCUT2D eigenvalue weighted by Gasteiger charge is 1.70. The Hall–Kier alpha value is 0.388. The maximum atomic E-state index is 3.16. The molecule has 0 amide bonds. The molecule has 0 unspecified atom stereocenters. The first-order valence-electron chi connectivity index (χ1n) is 1.50. The molecule has 0 aromatic rings. The Morgan fingerprint density at radius 3 is 1.14 bits per heavy atom. The lowest BCUT2D eigenvalue weighted by atomic mass is 11.0. The third-order valence-corrected chi connectivity index (χ3v) is 0.750. The van der Waals surface area contributed by atoms with Gasteiger partial charge >= 0.3 is 0 Å². The summed E-state index contributed by atoms with van der Waals surface area (Å²) in [6.07, 6.45) is 0. The van der Waals surface area contributed by atoms with E-state index in [1.165, 1.54) is 0 Å². The van der Waals surface area contributed by atoms with E-state index in [1.807, 2.05) is 0 Å². The van der Waals surface area contributed by atoms with Gasteiger partial charge in [-0.25, -0.2) is 0 Å².